The second-order valence-electron chi connectivity index (χ2n) is 7.32. The molecule has 9 nitrogen and oxygen atoms in total. The third-order valence-electron chi connectivity index (χ3n) is 5.05. The Morgan fingerprint density at radius 2 is 1.72 bits per heavy atom. The molecule has 0 aliphatic carbocycles. The number of anilines is 2. The summed E-state index contributed by atoms with van der Waals surface area (Å²) in [7, 11) is -3.82. The molecule has 164 valence electrons. The van der Waals surface area contributed by atoms with Crippen LogP contribution in [0.4, 0.5) is 17.3 Å². The summed E-state index contributed by atoms with van der Waals surface area (Å²) in [4.78, 5) is 12.7. The van der Waals surface area contributed by atoms with Crippen LogP contribution in [0.5, 0.6) is 0 Å². The average Bonchev–Trinajstić information content (AvgIpc) is 3.25. The zero-order valence-electron chi connectivity index (χ0n) is 17.7. The summed E-state index contributed by atoms with van der Waals surface area (Å²) in [5, 5.41) is 13.8. The first kappa shape index (κ1) is 21.4. The van der Waals surface area contributed by atoms with Gasteiger partial charge in [-0.1, -0.05) is 18.2 Å². The lowest BCUT2D eigenvalue weighted by molar-refractivity contribution is -0.117. The molecule has 2 heterocycles. The molecule has 4 rings (SSSR count). The van der Waals surface area contributed by atoms with Gasteiger partial charge in [-0.15, -0.1) is 0 Å². The molecule has 0 saturated heterocycles. The number of azo groups is 1. The summed E-state index contributed by atoms with van der Waals surface area (Å²) < 4.78 is 32.9. The van der Waals surface area contributed by atoms with Crippen molar-refractivity contribution < 1.29 is 17.6 Å². The minimum Gasteiger partial charge on any atom is -0.447 e. The molecule has 32 heavy (non-hydrogen) atoms. The highest BCUT2D eigenvalue weighted by molar-refractivity contribution is 7.92. The molecular formula is C22H21N5O4S. The van der Waals surface area contributed by atoms with E-state index < -0.39 is 16.1 Å². The van der Waals surface area contributed by atoms with E-state index in [0.717, 1.165) is 11.1 Å². The van der Waals surface area contributed by atoms with Crippen LogP contribution in [-0.4, -0.2) is 26.1 Å². The highest BCUT2D eigenvalue weighted by Gasteiger charge is 2.34. The van der Waals surface area contributed by atoms with Crippen LogP contribution in [0.2, 0.25) is 0 Å². The van der Waals surface area contributed by atoms with Gasteiger partial charge in [0.1, 0.15) is 0 Å². The monoisotopic (exact) mass is 451 g/mol. The number of carbonyl (C=O) groups excluding carboxylic acids is 1. The number of carbonyl (C=O) groups is 1. The van der Waals surface area contributed by atoms with Gasteiger partial charge in [0.25, 0.3) is 15.9 Å². The maximum absolute atomic E-state index is 12.7. The van der Waals surface area contributed by atoms with Crippen molar-refractivity contribution in [2.75, 3.05) is 9.73 Å². The largest absolute Gasteiger partial charge is 0.447 e. The summed E-state index contributed by atoms with van der Waals surface area (Å²) >= 11 is 0. The van der Waals surface area contributed by atoms with Gasteiger partial charge in [-0.3, -0.25) is 4.79 Å². The number of hydrogen-bond acceptors (Lipinski definition) is 7. The minimum absolute atomic E-state index is 0.0508. The lowest BCUT2D eigenvalue weighted by Crippen LogP contribution is -2.29. The molecule has 0 fully saturated rings. The molecule has 3 aromatic rings. The lowest BCUT2D eigenvalue weighted by atomic mass is 10.2. The van der Waals surface area contributed by atoms with Gasteiger partial charge in [-0.2, -0.15) is 20.3 Å². The molecule has 2 aromatic carbocycles. The molecule has 1 aliphatic rings. The first-order valence-electron chi connectivity index (χ1n) is 9.79. The van der Waals surface area contributed by atoms with Crippen molar-refractivity contribution >= 4 is 38.9 Å². The molecule has 0 radical (unpaired) electrons. The van der Waals surface area contributed by atoms with Gasteiger partial charge in [-0.25, -0.2) is 13.1 Å². The van der Waals surface area contributed by atoms with Crippen LogP contribution >= 0.6 is 0 Å². The lowest BCUT2D eigenvalue weighted by Gasteiger charge is -2.11. The van der Waals surface area contributed by atoms with Crippen molar-refractivity contribution in [3.05, 3.63) is 72.0 Å². The maximum Gasteiger partial charge on any atom is 0.280 e. The fraction of sp³-hybridized carbons (Fsp3) is 0.182. The summed E-state index contributed by atoms with van der Waals surface area (Å²) in [6.45, 7) is 5.32. The van der Waals surface area contributed by atoms with Crippen LogP contribution < -0.4 is 9.73 Å². The number of sulfonamides is 1. The van der Waals surface area contributed by atoms with Crippen LogP contribution in [0.15, 0.2) is 85.5 Å². The van der Waals surface area contributed by atoms with Crippen molar-refractivity contribution in [3.63, 3.8) is 0 Å². The molecule has 0 bridgehead atoms. The maximum atomic E-state index is 12.7. The van der Waals surface area contributed by atoms with Crippen molar-refractivity contribution in [1.82, 2.24) is 0 Å². The summed E-state index contributed by atoms with van der Waals surface area (Å²) in [5.74, 6) is -0.117. The van der Waals surface area contributed by atoms with Gasteiger partial charge in [-0.05, 0) is 62.7 Å². The Labute approximate surface area is 185 Å². The summed E-state index contributed by atoms with van der Waals surface area (Å²) in [6, 6.07) is 14.1. The van der Waals surface area contributed by atoms with E-state index in [9.17, 15) is 13.2 Å². The number of nitrogens with one attached hydrogen (secondary N) is 1. The van der Waals surface area contributed by atoms with E-state index in [4.69, 9.17) is 4.42 Å². The van der Waals surface area contributed by atoms with Gasteiger partial charge in [0.15, 0.2) is 6.04 Å². The van der Waals surface area contributed by atoms with E-state index in [-0.39, 0.29) is 16.7 Å². The van der Waals surface area contributed by atoms with Gasteiger partial charge in [0.05, 0.1) is 28.2 Å². The van der Waals surface area contributed by atoms with E-state index in [1.165, 1.54) is 35.5 Å². The van der Waals surface area contributed by atoms with Crippen LogP contribution in [-0.2, 0) is 14.8 Å². The normalized spacial score (nSPS) is 16.6. The van der Waals surface area contributed by atoms with E-state index in [2.05, 4.69) is 20.1 Å². The molecule has 1 atom stereocenters. The van der Waals surface area contributed by atoms with Crippen molar-refractivity contribution in [2.24, 2.45) is 15.3 Å². The average molecular weight is 452 g/mol. The zero-order chi connectivity index (χ0) is 22.9. The number of hydrogen-bond donors (Lipinski definition) is 1. The fourth-order valence-electron chi connectivity index (χ4n) is 3.04. The number of para-hydroxylation sites is 1. The Balaban J connectivity index is 1.47. The van der Waals surface area contributed by atoms with Crippen LogP contribution in [0.1, 0.15) is 18.1 Å². The van der Waals surface area contributed by atoms with Crippen molar-refractivity contribution in [2.45, 2.75) is 31.7 Å². The quantitative estimate of drug-likeness (QED) is 0.552. The van der Waals surface area contributed by atoms with E-state index in [0.29, 0.717) is 17.1 Å². The molecule has 1 N–H and O–H groups in total. The van der Waals surface area contributed by atoms with Crippen LogP contribution in [0, 0.1) is 13.8 Å². The summed E-state index contributed by atoms with van der Waals surface area (Å²) in [6.07, 6.45) is 1.49. The Kier molecular flexibility index (Phi) is 5.62. The molecule has 0 saturated carbocycles. The van der Waals surface area contributed by atoms with E-state index >= 15 is 0 Å². The second-order valence-corrected chi connectivity index (χ2v) is 9.00. The topological polar surface area (TPSA) is 117 Å². The minimum atomic E-state index is -3.82. The van der Waals surface area contributed by atoms with Gasteiger partial charge in [0.2, 0.25) is 5.88 Å². The third kappa shape index (κ3) is 4.17. The molecular weight excluding hydrogens is 430 g/mol. The molecule has 10 heteroatoms. The Hall–Kier alpha value is -3.79. The first-order valence-corrected chi connectivity index (χ1v) is 11.3. The SMILES string of the molecule is CC1=NN(c2ccccc2)C(=O)[C@H]1N=Nc1ccc(S(=O)(=O)Nc2occ(C)c2C)cc1. The van der Waals surface area contributed by atoms with E-state index in [1.807, 2.05) is 25.1 Å². The molecule has 0 spiro atoms. The van der Waals surface area contributed by atoms with Crippen molar-refractivity contribution in [3.8, 4) is 0 Å². The van der Waals surface area contributed by atoms with Crippen LogP contribution in [0.3, 0.4) is 0 Å². The van der Waals surface area contributed by atoms with Crippen molar-refractivity contribution in [1.29, 1.82) is 0 Å². The number of rotatable bonds is 6. The molecule has 1 amide bonds. The zero-order valence-corrected chi connectivity index (χ0v) is 18.5. The Morgan fingerprint density at radius 3 is 2.34 bits per heavy atom. The van der Waals surface area contributed by atoms with Gasteiger partial charge >= 0.3 is 0 Å². The number of hydrazone groups is 1. The smallest absolute Gasteiger partial charge is 0.280 e. The Bertz CT molecular complexity index is 1310. The number of furan rings is 1. The number of amides is 1. The number of benzene rings is 2. The number of aryl methyl sites for hydroxylation is 1. The standard InChI is InChI=1S/C22H21N5O4S/c1-14-13-31-21(15(14)2)26-32(29,30)19-11-9-17(10-12-19)23-24-20-16(3)25-27(22(20)28)18-7-5-4-6-8-18/h4-13,20,26H,1-3H3/t20-/m0/s1. The third-order valence-corrected chi connectivity index (χ3v) is 6.39. The predicted octanol–water partition coefficient (Wildman–Crippen LogP) is 4.57. The highest BCUT2D eigenvalue weighted by Crippen LogP contribution is 2.26. The predicted molar refractivity (Wildman–Crippen MR) is 121 cm³/mol. The van der Waals surface area contributed by atoms with Gasteiger partial charge in [0, 0.05) is 5.56 Å². The molecule has 1 aliphatic heterocycles. The fourth-order valence-corrected chi connectivity index (χ4v) is 4.10. The molecule has 0 unspecified atom stereocenters. The first-order chi connectivity index (χ1) is 15.3. The second kappa shape index (κ2) is 8.39. The molecule has 1 aromatic heterocycles. The number of nitrogens with zero attached hydrogens (tertiary/aromatic N) is 4. The summed E-state index contributed by atoms with van der Waals surface area (Å²) in [5.41, 5.74) is 3.16. The highest BCUT2D eigenvalue weighted by atomic mass is 32.2. The van der Waals surface area contributed by atoms with Crippen LogP contribution in [0.25, 0.3) is 0 Å². The Morgan fingerprint density at radius 1 is 1.03 bits per heavy atom. The van der Waals surface area contributed by atoms with Gasteiger partial charge < -0.3 is 4.42 Å². The van der Waals surface area contributed by atoms with E-state index in [1.54, 1.807) is 26.0 Å².